The molecule has 3 N–H and O–H groups in total. The molecular formula is C27H25BrN4O3. The fourth-order valence-corrected chi connectivity index (χ4v) is 4.12. The molecule has 0 aliphatic heterocycles. The quantitative estimate of drug-likeness (QED) is 0.356. The Morgan fingerprint density at radius 3 is 2.09 bits per heavy atom. The standard InChI is InChI=1S/C27H25BrN4O3/c28-22-14-11-19(12-15-22)13-16-23(33)31(17-20-7-3-1-4-8-20)24-25(29)32(27(35)30-26(24)34)18-21-9-5-2-6-10-21/h1-12,14-15H,13,16-18,29H2,(H,30,34,35). The minimum atomic E-state index is -0.690. The lowest BCUT2D eigenvalue weighted by atomic mass is 10.1. The summed E-state index contributed by atoms with van der Waals surface area (Å²) in [6, 6.07) is 26.4. The molecule has 0 spiro atoms. The van der Waals surface area contributed by atoms with Crippen molar-refractivity contribution < 1.29 is 4.79 Å². The Morgan fingerprint density at radius 2 is 1.46 bits per heavy atom. The number of nitrogens with two attached hydrogens (primary N) is 1. The highest BCUT2D eigenvalue weighted by molar-refractivity contribution is 9.10. The molecule has 0 radical (unpaired) electrons. The lowest BCUT2D eigenvalue weighted by molar-refractivity contribution is -0.118. The van der Waals surface area contributed by atoms with Gasteiger partial charge in [-0.1, -0.05) is 88.7 Å². The van der Waals surface area contributed by atoms with Gasteiger partial charge in [0.2, 0.25) is 5.91 Å². The van der Waals surface area contributed by atoms with Gasteiger partial charge in [-0.05, 0) is 35.2 Å². The summed E-state index contributed by atoms with van der Waals surface area (Å²) in [6.45, 7) is 0.318. The molecular weight excluding hydrogens is 508 g/mol. The molecule has 0 aliphatic carbocycles. The van der Waals surface area contributed by atoms with E-state index in [1.165, 1.54) is 9.47 Å². The number of aromatic nitrogens is 2. The van der Waals surface area contributed by atoms with Gasteiger partial charge in [0.25, 0.3) is 5.56 Å². The van der Waals surface area contributed by atoms with Crippen molar-refractivity contribution in [3.63, 3.8) is 0 Å². The molecule has 35 heavy (non-hydrogen) atoms. The minimum absolute atomic E-state index is 0.0230. The van der Waals surface area contributed by atoms with Crippen LogP contribution in [0.25, 0.3) is 0 Å². The first-order valence-corrected chi connectivity index (χ1v) is 12.0. The number of carbonyl (C=O) groups excluding carboxylic acids is 1. The smallest absolute Gasteiger partial charge is 0.330 e. The van der Waals surface area contributed by atoms with E-state index in [1.807, 2.05) is 84.9 Å². The van der Waals surface area contributed by atoms with Gasteiger partial charge in [0.05, 0.1) is 13.1 Å². The zero-order chi connectivity index (χ0) is 24.8. The number of aryl methyl sites for hydroxylation is 1. The van der Waals surface area contributed by atoms with Crippen LogP contribution in [-0.2, 0) is 24.3 Å². The summed E-state index contributed by atoms with van der Waals surface area (Å²) in [5.74, 6) is -0.311. The third-order valence-electron chi connectivity index (χ3n) is 5.69. The van der Waals surface area contributed by atoms with Gasteiger partial charge in [-0.15, -0.1) is 0 Å². The number of hydrogen-bond donors (Lipinski definition) is 2. The third-order valence-corrected chi connectivity index (χ3v) is 6.22. The number of rotatable bonds is 8. The number of aromatic amines is 1. The number of H-pyrrole nitrogens is 1. The summed E-state index contributed by atoms with van der Waals surface area (Å²) in [7, 11) is 0. The summed E-state index contributed by atoms with van der Waals surface area (Å²) < 4.78 is 2.24. The summed E-state index contributed by atoms with van der Waals surface area (Å²) in [4.78, 5) is 42.8. The summed E-state index contributed by atoms with van der Waals surface area (Å²) >= 11 is 3.41. The van der Waals surface area contributed by atoms with Crippen LogP contribution in [0.4, 0.5) is 11.5 Å². The van der Waals surface area contributed by atoms with E-state index < -0.39 is 11.2 Å². The van der Waals surface area contributed by atoms with Gasteiger partial charge in [-0.3, -0.25) is 19.1 Å². The Kier molecular flexibility index (Phi) is 7.62. The average Bonchev–Trinajstić information content (AvgIpc) is 2.86. The highest BCUT2D eigenvalue weighted by atomic mass is 79.9. The van der Waals surface area contributed by atoms with Gasteiger partial charge in [-0.25, -0.2) is 4.79 Å². The van der Waals surface area contributed by atoms with Crippen LogP contribution < -0.4 is 21.9 Å². The summed E-state index contributed by atoms with van der Waals surface area (Å²) in [5, 5.41) is 0. The lowest BCUT2D eigenvalue weighted by Gasteiger charge is -2.25. The van der Waals surface area contributed by atoms with Crippen molar-refractivity contribution in [1.29, 1.82) is 0 Å². The van der Waals surface area contributed by atoms with Gasteiger partial charge in [0.15, 0.2) is 5.69 Å². The molecule has 3 aromatic carbocycles. The van der Waals surface area contributed by atoms with Crippen molar-refractivity contribution in [1.82, 2.24) is 9.55 Å². The molecule has 0 aliphatic rings. The Labute approximate surface area is 211 Å². The number of nitrogen functional groups attached to an aromatic ring is 1. The Bertz CT molecular complexity index is 1420. The third kappa shape index (κ3) is 5.96. The maximum atomic E-state index is 13.5. The molecule has 1 aromatic heterocycles. The summed E-state index contributed by atoms with van der Waals surface area (Å²) in [6.07, 6.45) is 0.671. The van der Waals surface area contributed by atoms with E-state index in [0.29, 0.717) is 6.42 Å². The van der Waals surface area contributed by atoms with Crippen molar-refractivity contribution >= 4 is 33.3 Å². The molecule has 0 saturated carbocycles. The van der Waals surface area contributed by atoms with Crippen molar-refractivity contribution in [3.8, 4) is 0 Å². The van der Waals surface area contributed by atoms with Gasteiger partial charge in [0, 0.05) is 10.9 Å². The zero-order valence-corrected chi connectivity index (χ0v) is 20.6. The molecule has 1 heterocycles. The molecule has 4 rings (SSSR count). The second kappa shape index (κ2) is 11.0. The Hall–Kier alpha value is -3.91. The van der Waals surface area contributed by atoms with Crippen LogP contribution in [0, 0.1) is 0 Å². The molecule has 1 amide bonds. The second-order valence-electron chi connectivity index (χ2n) is 8.16. The maximum absolute atomic E-state index is 13.5. The molecule has 7 nitrogen and oxygen atoms in total. The van der Waals surface area contributed by atoms with E-state index >= 15 is 0 Å². The molecule has 0 fully saturated rings. The Balaban J connectivity index is 1.71. The highest BCUT2D eigenvalue weighted by Crippen LogP contribution is 2.22. The molecule has 8 heteroatoms. The van der Waals surface area contributed by atoms with Crippen LogP contribution in [0.2, 0.25) is 0 Å². The van der Waals surface area contributed by atoms with Crippen molar-refractivity contribution in [2.45, 2.75) is 25.9 Å². The van der Waals surface area contributed by atoms with Crippen LogP contribution in [0.15, 0.2) is 99.0 Å². The average molecular weight is 533 g/mol. The number of carbonyl (C=O) groups is 1. The van der Waals surface area contributed by atoms with E-state index in [1.54, 1.807) is 0 Å². The van der Waals surface area contributed by atoms with Crippen LogP contribution in [0.1, 0.15) is 23.1 Å². The number of hydrogen-bond acceptors (Lipinski definition) is 4. The predicted octanol–water partition coefficient (Wildman–Crippen LogP) is 4.10. The topological polar surface area (TPSA) is 101 Å². The van der Waals surface area contributed by atoms with Gasteiger partial charge in [0.1, 0.15) is 5.82 Å². The number of anilines is 2. The normalized spacial score (nSPS) is 10.8. The predicted molar refractivity (Wildman–Crippen MR) is 141 cm³/mol. The van der Waals surface area contributed by atoms with Crippen LogP contribution in [0.5, 0.6) is 0 Å². The molecule has 0 saturated heterocycles. The van der Waals surface area contributed by atoms with Crippen LogP contribution >= 0.6 is 15.9 Å². The largest absolute Gasteiger partial charge is 0.383 e. The van der Waals surface area contributed by atoms with Gasteiger partial charge >= 0.3 is 5.69 Å². The second-order valence-corrected chi connectivity index (χ2v) is 9.07. The first-order valence-electron chi connectivity index (χ1n) is 11.2. The van der Waals surface area contributed by atoms with E-state index in [2.05, 4.69) is 20.9 Å². The Morgan fingerprint density at radius 1 is 0.857 bits per heavy atom. The maximum Gasteiger partial charge on any atom is 0.330 e. The molecule has 0 atom stereocenters. The number of nitrogens with zero attached hydrogens (tertiary/aromatic N) is 2. The van der Waals surface area contributed by atoms with E-state index in [-0.39, 0.29) is 36.9 Å². The lowest BCUT2D eigenvalue weighted by Crippen LogP contribution is -2.41. The molecule has 0 bridgehead atoms. The SMILES string of the molecule is Nc1c(N(Cc2ccccc2)C(=O)CCc2ccc(Br)cc2)c(=O)[nH]c(=O)n1Cc1ccccc1. The fraction of sp³-hybridized carbons (Fsp3) is 0.148. The first kappa shape index (κ1) is 24.2. The molecule has 178 valence electrons. The van der Waals surface area contributed by atoms with Crippen molar-refractivity contribution in [2.24, 2.45) is 0 Å². The van der Waals surface area contributed by atoms with Gasteiger partial charge in [-0.2, -0.15) is 0 Å². The van der Waals surface area contributed by atoms with Crippen molar-refractivity contribution in [3.05, 3.63) is 127 Å². The molecule has 0 unspecified atom stereocenters. The van der Waals surface area contributed by atoms with Crippen LogP contribution in [-0.4, -0.2) is 15.5 Å². The fourth-order valence-electron chi connectivity index (χ4n) is 3.86. The number of nitrogens with one attached hydrogen (secondary N) is 1. The van der Waals surface area contributed by atoms with E-state index in [4.69, 9.17) is 5.73 Å². The van der Waals surface area contributed by atoms with Crippen LogP contribution in [0.3, 0.4) is 0 Å². The number of benzene rings is 3. The summed E-state index contributed by atoms with van der Waals surface area (Å²) in [5.41, 5.74) is 7.73. The highest BCUT2D eigenvalue weighted by Gasteiger charge is 2.24. The number of amides is 1. The monoisotopic (exact) mass is 532 g/mol. The minimum Gasteiger partial charge on any atom is -0.383 e. The number of halogens is 1. The van der Waals surface area contributed by atoms with Crippen molar-refractivity contribution in [2.75, 3.05) is 10.6 Å². The van der Waals surface area contributed by atoms with Gasteiger partial charge < -0.3 is 10.6 Å². The van der Waals surface area contributed by atoms with E-state index in [0.717, 1.165) is 21.2 Å². The first-order chi connectivity index (χ1) is 16.9. The zero-order valence-electron chi connectivity index (χ0n) is 19.0. The molecule has 4 aromatic rings. The van der Waals surface area contributed by atoms with E-state index in [9.17, 15) is 14.4 Å².